The van der Waals surface area contributed by atoms with Crippen LogP contribution in [0.15, 0.2) is 23.4 Å². The number of rotatable bonds is 0. The molecule has 0 aromatic carbocycles. The molecule has 2 atom stereocenters. The van der Waals surface area contributed by atoms with E-state index in [1.54, 1.807) is 6.92 Å². The zero-order chi connectivity index (χ0) is 7.78. The summed E-state index contributed by atoms with van der Waals surface area (Å²) in [4.78, 5) is -0.939. The lowest BCUT2D eigenvalue weighted by atomic mass is 10.2. The van der Waals surface area contributed by atoms with Crippen LogP contribution in [0.4, 0.5) is 0 Å². The zero-order valence-electron chi connectivity index (χ0n) is 5.40. The lowest BCUT2D eigenvalue weighted by Crippen LogP contribution is -3.10. The second-order valence-electron chi connectivity index (χ2n) is 2.30. The van der Waals surface area contributed by atoms with E-state index < -0.39 is 5.00 Å². The van der Waals surface area contributed by atoms with Crippen molar-refractivity contribution in [2.24, 2.45) is 0 Å². The number of hydroxylamine groups is 2. The Hall–Kier alpha value is -0.0200. The quantitative estimate of drug-likeness (QED) is 0.335. The van der Waals surface area contributed by atoms with Crippen LogP contribution in [-0.4, -0.2) is 5.00 Å². The van der Waals surface area contributed by atoms with Gasteiger partial charge in [0.25, 0.3) is 0 Å². The third-order valence-electron chi connectivity index (χ3n) is 1.28. The molecule has 0 saturated heterocycles. The molecule has 1 heterocycles. The molecule has 1 rings (SSSR count). The minimum Gasteiger partial charge on any atom is -0.628 e. The van der Waals surface area contributed by atoms with Gasteiger partial charge in [-0.05, 0) is 11.6 Å². The standard InChI is InChI=1S/C6H7Cl2NO/c1-6(8)4-5(7)2-3-9(6)10/h2-4,9H,1H3. The fourth-order valence-corrected chi connectivity index (χ4v) is 1.21. The van der Waals surface area contributed by atoms with Crippen LogP contribution in [0.5, 0.6) is 0 Å². The molecular weight excluding hydrogens is 173 g/mol. The van der Waals surface area contributed by atoms with Crippen LogP contribution in [-0.2, 0) is 0 Å². The average Bonchev–Trinajstić information content (AvgIpc) is 1.78. The molecule has 0 saturated carbocycles. The van der Waals surface area contributed by atoms with Crippen molar-refractivity contribution in [1.82, 2.24) is 0 Å². The summed E-state index contributed by atoms with van der Waals surface area (Å²) in [6.45, 7) is 1.61. The highest BCUT2D eigenvalue weighted by Crippen LogP contribution is 2.16. The van der Waals surface area contributed by atoms with Gasteiger partial charge in [0.2, 0.25) is 0 Å². The molecule has 10 heavy (non-hydrogen) atoms. The highest BCUT2D eigenvalue weighted by molar-refractivity contribution is 6.32. The van der Waals surface area contributed by atoms with Gasteiger partial charge in [0, 0.05) is 24.1 Å². The molecule has 0 aliphatic carbocycles. The molecule has 56 valence electrons. The number of allylic oxidation sites excluding steroid dienone is 2. The Bertz CT molecular complexity index is 198. The molecule has 0 radical (unpaired) electrons. The summed E-state index contributed by atoms with van der Waals surface area (Å²) in [6, 6.07) is 0. The van der Waals surface area contributed by atoms with Crippen molar-refractivity contribution >= 4 is 23.2 Å². The van der Waals surface area contributed by atoms with E-state index in [4.69, 9.17) is 23.2 Å². The van der Waals surface area contributed by atoms with Crippen molar-refractivity contribution in [3.8, 4) is 0 Å². The first-order valence-corrected chi connectivity index (χ1v) is 3.58. The van der Waals surface area contributed by atoms with Gasteiger partial charge in [-0.1, -0.05) is 11.6 Å². The van der Waals surface area contributed by atoms with Crippen LogP contribution < -0.4 is 5.06 Å². The lowest BCUT2D eigenvalue weighted by Gasteiger charge is -2.32. The summed E-state index contributed by atoms with van der Waals surface area (Å²) in [7, 11) is 0. The summed E-state index contributed by atoms with van der Waals surface area (Å²) < 4.78 is 0. The van der Waals surface area contributed by atoms with Gasteiger partial charge in [-0.2, -0.15) is 0 Å². The summed E-state index contributed by atoms with van der Waals surface area (Å²) in [5, 5.41) is 11.3. The Kier molecular flexibility index (Phi) is 2.06. The topological polar surface area (TPSA) is 27.5 Å². The molecular formula is C6H7Cl2NO. The van der Waals surface area contributed by atoms with Gasteiger partial charge < -0.3 is 10.3 Å². The van der Waals surface area contributed by atoms with Crippen molar-refractivity contribution in [3.05, 3.63) is 28.6 Å². The lowest BCUT2D eigenvalue weighted by molar-refractivity contribution is -0.825. The Balaban J connectivity index is 2.88. The number of halogens is 2. The minimum absolute atomic E-state index is 0.126. The molecule has 0 aromatic heterocycles. The Morgan fingerprint density at radius 3 is 2.70 bits per heavy atom. The molecule has 0 spiro atoms. The molecule has 0 bridgehead atoms. The van der Waals surface area contributed by atoms with Crippen molar-refractivity contribution in [1.29, 1.82) is 0 Å². The van der Waals surface area contributed by atoms with Gasteiger partial charge in [-0.25, -0.2) is 0 Å². The maximum absolute atomic E-state index is 10.9. The van der Waals surface area contributed by atoms with E-state index in [-0.39, 0.29) is 5.06 Å². The van der Waals surface area contributed by atoms with Crippen LogP contribution in [0.25, 0.3) is 0 Å². The second kappa shape index (κ2) is 2.55. The van der Waals surface area contributed by atoms with Gasteiger partial charge in [0.15, 0.2) is 5.00 Å². The van der Waals surface area contributed by atoms with E-state index in [9.17, 15) is 5.21 Å². The first-order chi connectivity index (χ1) is 4.52. The Morgan fingerprint density at radius 1 is 1.70 bits per heavy atom. The van der Waals surface area contributed by atoms with Crippen molar-refractivity contribution < 1.29 is 5.06 Å². The Labute approximate surface area is 69.3 Å². The predicted molar refractivity (Wildman–Crippen MR) is 41.7 cm³/mol. The number of quaternary nitrogens is 1. The maximum atomic E-state index is 10.9. The van der Waals surface area contributed by atoms with E-state index in [0.29, 0.717) is 5.03 Å². The van der Waals surface area contributed by atoms with Crippen LogP contribution in [0.3, 0.4) is 0 Å². The van der Waals surface area contributed by atoms with E-state index in [2.05, 4.69) is 0 Å². The second-order valence-corrected chi connectivity index (χ2v) is 3.52. The summed E-state index contributed by atoms with van der Waals surface area (Å²) in [6.07, 6.45) is 4.45. The molecule has 2 nitrogen and oxygen atoms in total. The van der Waals surface area contributed by atoms with Crippen molar-refractivity contribution in [2.45, 2.75) is 11.9 Å². The van der Waals surface area contributed by atoms with E-state index in [1.165, 1.54) is 18.4 Å². The number of nitrogens with one attached hydrogen (secondary N) is 1. The summed E-state index contributed by atoms with van der Waals surface area (Å²) in [5.41, 5.74) is 0. The van der Waals surface area contributed by atoms with E-state index in [0.717, 1.165) is 0 Å². The molecule has 0 fully saturated rings. The Morgan fingerprint density at radius 2 is 2.30 bits per heavy atom. The number of alkyl halides is 1. The van der Waals surface area contributed by atoms with Gasteiger partial charge in [0.05, 0.1) is 6.20 Å². The summed E-state index contributed by atoms with van der Waals surface area (Å²) in [5.74, 6) is 0. The molecule has 0 aromatic rings. The monoisotopic (exact) mass is 179 g/mol. The van der Waals surface area contributed by atoms with Crippen LogP contribution in [0.2, 0.25) is 0 Å². The SMILES string of the molecule is CC1(Cl)C=C(Cl)C=C[NH+]1[O-]. The summed E-state index contributed by atoms with van der Waals surface area (Å²) >= 11 is 11.4. The molecule has 4 heteroatoms. The maximum Gasteiger partial charge on any atom is 0.194 e. The molecule has 0 amide bonds. The van der Waals surface area contributed by atoms with Crippen LogP contribution in [0.1, 0.15) is 6.92 Å². The van der Waals surface area contributed by atoms with Gasteiger partial charge in [-0.3, -0.25) is 0 Å². The van der Waals surface area contributed by atoms with Gasteiger partial charge >= 0.3 is 0 Å². The van der Waals surface area contributed by atoms with E-state index in [1.807, 2.05) is 0 Å². The third-order valence-corrected chi connectivity index (χ3v) is 1.82. The number of hydrogen-bond donors (Lipinski definition) is 1. The van der Waals surface area contributed by atoms with Gasteiger partial charge in [0.1, 0.15) is 0 Å². The zero-order valence-corrected chi connectivity index (χ0v) is 6.91. The van der Waals surface area contributed by atoms with E-state index >= 15 is 0 Å². The predicted octanol–water partition coefficient (Wildman–Crippen LogP) is 0.974. The highest BCUT2D eigenvalue weighted by Gasteiger charge is 2.26. The largest absolute Gasteiger partial charge is 0.628 e. The number of hydrogen-bond acceptors (Lipinski definition) is 1. The van der Waals surface area contributed by atoms with Crippen molar-refractivity contribution in [3.63, 3.8) is 0 Å². The normalized spacial score (nSPS) is 39.6. The minimum atomic E-state index is -0.939. The van der Waals surface area contributed by atoms with Crippen LogP contribution >= 0.6 is 23.2 Å². The molecule has 2 unspecified atom stereocenters. The fraction of sp³-hybridized carbons (Fsp3) is 0.333. The average molecular weight is 180 g/mol. The first kappa shape index (κ1) is 8.08. The molecule has 1 aliphatic rings. The van der Waals surface area contributed by atoms with Gasteiger partial charge in [-0.15, -0.1) is 0 Å². The van der Waals surface area contributed by atoms with Crippen LogP contribution in [0, 0.1) is 5.21 Å². The highest BCUT2D eigenvalue weighted by atomic mass is 35.5. The van der Waals surface area contributed by atoms with Crippen molar-refractivity contribution in [2.75, 3.05) is 0 Å². The fourth-order valence-electron chi connectivity index (χ4n) is 0.696. The molecule has 1 N–H and O–H groups in total. The smallest absolute Gasteiger partial charge is 0.194 e. The first-order valence-electron chi connectivity index (χ1n) is 2.82. The molecule has 1 aliphatic heterocycles. The third kappa shape index (κ3) is 1.52.